The summed E-state index contributed by atoms with van der Waals surface area (Å²) in [5, 5.41) is 0. The van der Waals surface area contributed by atoms with E-state index in [4.69, 9.17) is 9.15 Å². The van der Waals surface area contributed by atoms with Crippen LogP contribution in [0.2, 0.25) is 0 Å². The maximum atomic E-state index is 5.75. The molecule has 0 saturated heterocycles. The molecule has 1 aliphatic heterocycles. The molecule has 0 amide bonds. The topological polar surface area (TPSA) is 38.5 Å². The van der Waals surface area contributed by atoms with Crippen LogP contribution in [0.25, 0.3) is 5.57 Å². The van der Waals surface area contributed by atoms with E-state index in [0.717, 1.165) is 37.2 Å². The first-order valence-corrected chi connectivity index (χ1v) is 7.58. The van der Waals surface area contributed by atoms with Gasteiger partial charge in [0.25, 0.3) is 0 Å². The molecule has 4 nitrogen and oxygen atoms in total. The molecular weight excluding hydrogens is 252 g/mol. The Morgan fingerprint density at radius 3 is 2.70 bits per heavy atom. The van der Waals surface area contributed by atoms with Crippen LogP contribution in [0.5, 0.6) is 5.95 Å². The first-order chi connectivity index (χ1) is 9.65. The van der Waals surface area contributed by atoms with Crippen LogP contribution < -0.4 is 4.74 Å². The summed E-state index contributed by atoms with van der Waals surface area (Å²) in [7, 11) is 3.75. The van der Waals surface area contributed by atoms with Crippen molar-refractivity contribution in [2.75, 3.05) is 27.2 Å². The second-order valence-corrected chi connectivity index (χ2v) is 4.96. The Morgan fingerprint density at radius 1 is 1.45 bits per heavy atom. The van der Waals surface area contributed by atoms with Gasteiger partial charge < -0.3 is 14.1 Å². The minimum Gasteiger partial charge on any atom is -0.467 e. The molecule has 0 spiro atoms. The van der Waals surface area contributed by atoms with Gasteiger partial charge in [0.2, 0.25) is 5.89 Å². The lowest BCUT2D eigenvalue weighted by Crippen LogP contribution is -2.25. The smallest absolute Gasteiger partial charge is 0.308 e. The van der Waals surface area contributed by atoms with Gasteiger partial charge in [-0.1, -0.05) is 33.8 Å². The Labute approximate surface area is 122 Å². The summed E-state index contributed by atoms with van der Waals surface area (Å²) in [6.07, 6.45) is 4.29. The highest BCUT2D eigenvalue weighted by Gasteiger charge is 2.22. The van der Waals surface area contributed by atoms with Gasteiger partial charge in [0.05, 0.1) is 7.11 Å². The minimum atomic E-state index is 0.361. The van der Waals surface area contributed by atoms with Gasteiger partial charge >= 0.3 is 5.95 Å². The van der Waals surface area contributed by atoms with Crippen molar-refractivity contribution in [3.63, 3.8) is 0 Å². The summed E-state index contributed by atoms with van der Waals surface area (Å²) in [6.45, 7) is 10.3. The van der Waals surface area contributed by atoms with Gasteiger partial charge in [-0.15, -0.1) is 0 Å². The molecule has 1 aromatic rings. The predicted molar refractivity (Wildman–Crippen MR) is 83.2 cm³/mol. The van der Waals surface area contributed by atoms with Crippen molar-refractivity contribution in [2.45, 2.75) is 46.5 Å². The van der Waals surface area contributed by atoms with E-state index in [1.165, 1.54) is 0 Å². The van der Waals surface area contributed by atoms with Crippen molar-refractivity contribution in [2.24, 2.45) is 0 Å². The quantitative estimate of drug-likeness (QED) is 0.837. The van der Waals surface area contributed by atoms with Gasteiger partial charge in [-0.05, 0) is 19.9 Å². The number of methoxy groups -OCH3 is 1. The van der Waals surface area contributed by atoms with Crippen molar-refractivity contribution in [3.8, 4) is 5.95 Å². The molecule has 0 fully saturated rings. The fourth-order valence-electron chi connectivity index (χ4n) is 2.15. The average Bonchev–Trinajstić information content (AvgIpc) is 2.93. The molecular formula is C16H28N2O2. The van der Waals surface area contributed by atoms with E-state index in [2.05, 4.69) is 36.9 Å². The number of ether oxygens (including phenoxy) is 1. The number of rotatable bonds is 4. The highest BCUT2D eigenvalue weighted by atomic mass is 16.6. The molecule has 4 heteroatoms. The van der Waals surface area contributed by atoms with Crippen molar-refractivity contribution >= 4 is 5.57 Å². The third kappa shape index (κ3) is 3.85. The summed E-state index contributed by atoms with van der Waals surface area (Å²) >= 11 is 0. The first kappa shape index (κ1) is 16.8. The van der Waals surface area contributed by atoms with Crippen molar-refractivity contribution in [3.05, 3.63) is 17.7 Å². The molecule has 1 aliphatic rings. The van der Waals surface area contributed by atoms with Crippen LogP contribution >= 0.6 is 0 Å². The van der Waals surface area contributed by atoms with E-state index in [9.17, 15) is 0 Å². The zero-order valence-corrected chi connectivity index (χ0v) is 13.7. The first-order valence-electron chi connectivity index (χ1n) is 7.58. The fourth-order valence-corrected chi connectivity index (χ4v) is 2.15. The van der Waals surface area contributed by atoms with Gasteiger partial charge in [-0.2, -0.15) is 0 Å². The molecule has 1 atom stereocenters. The predicted octanol–water partition coefficient (Wildman–Crippen LogP) is 3.94. The summed E-state index contributed by atoms with van der Waals surface area (Å²) in [5.74, 6) is 1.64. The van der Waals surface area contributed by atoms with E-state index >= 15 is 0 Å². The highest BCUT2D eigenvalue weighted by Crippen LogP contribution is 2.32. The third-order valence-corrected chi connectivity index (χ3v) is 3.50. The van der Waals surface area contributed by atoms with Gasteiger partial charge in [-0.25, -0.2) is 4.98 Å². The van der Waals surface area contributed by atoms with E-state index in [-0.39, 0.29) is 0 Å². The monoisotopic (exact) mass is 280 g/mol. The summed E-state index contributed by atoms with van der Waals surface area (Å²) in [6, 6.07) is 0. The molecule has 0 bridgehead atoms. The number of aromatic nitrogens is 1. The van der Waals surface area contributed by atoms with Gasteiger partial charge in [0.15, 0.2) is 0 Å². The lowest BCUT2D eigenvalue weighted by atomic mass is 10.1. The van der Waals surface area contributed by atoms with Gasteiger partial charge in [-0.3, -0.25) is 0 Å². The molecule has 114 valence electrons. The third-order valence-electron chi connectivity index (χ3n) is 3.50. The molecule has 1 aromatic heterocycles. The van der Waals surface area contributed by atoms with Crippen LogP contribution in [0.15, 0.2) is 10.5 Å². The average molecular weight is 280 g/mol. The number of likely N-dealkylation sites (N-methyl/N-ethyl adjacent to an activating group) is 1. The molecule has 1 unspecified atom stereocenters. The SMILES string of the molecule is CC.CCC(C)c1nc(C2=CCCN(C)C2)oc1OC. The molecule has 20 heavy (non-hydrogen) atoms. The van der Waals surface area contributed by atoms with Crippen molar-refractivity contribution in [1.82, 2.24) is 9.88 Å². The van der Waals surface area contributed by atoms with Crippen LogP contribution in [-0.2, 0) is 0 Å². The Balaban J connectivity index is 0.000000956. The maximum Gasteiger partial charge on any atom is 0.308 e. The van der Waals surface area contributed by atoms with E-state index in [1.807, 2.05) is 13.8 Å². The van der Waals surface area contributed by atoms with Crippen LogP contribution in [0.4, 0.5) is 0 Å². The van der Waals surface area contributed by atoms with Crippen LogP contribution in [0, 0.1) is 0 Å². The number of nitrogens with zero attached hydrogens (tertiary/aromatic N) is 2. The molecule has 0 radical (unpaired) electrons. The molecule has 0 N–H and O–H groups in total. The summed E-state index contributed by atoms with van der Waals surface area (Å²) in [4.78, 5) is 6.90. The number of hydrogen-bond acceptors (Lipinski definition) is 4. The molecule has 0 aliphatic carbocycles. The Morgan fingerprint density at radius 2 is 2.15 bits per heavy atom. The zero-order valence-electron chi connectivity index (χ0n) is 13.7. The molecule has 0 saturated carbocycles. The second-order valence-electron chi connectivity index (χ2n) is 4.96. The van der Waals surface area contributed by atoms with E-state index < -0.39 is 0 Å². The van der Waals surface area contributed by atoms with Gasteiger partial charge in [0.1, 0.15) is 5.69 Å². The Bertz CT molecular complexity index is 438. The highest BCUT2D eigenvalue weighted by molar-refractivity contribution is 5.61. The molecule has 2 heterocycles. The maximum absolute atomic E-state index is 5.75. The normalized spacial score (nSPS) is 17.0. The lowest BCUT2D eigenvalue weighted by Gasteiger charge is -2.20. The second kappa shape index (κ2) is 8.10. The van der Waals surface area contributed by atoms with Crippen LogP contribution in [0.3, 0.4) is 0 Å². The number of oxazole rings is 1. The largest absolute Gasteiger partial charge is 0.467 e. The van der Waals surface area contributed by atoms with Crippen LogP contribution in [0.1, 0.15) is 58.0 Å². The van der Waals surface area contributed by atoms with E-state index in [0.29, 0.717) is 17.8 Å². The fraction of sp³-hybridized carbons (Fsp3) is 0.688. The molecule has 2 rings (SSSR count). The van der Waals surface area contributed by atoms with Crippen molar-refractivity contribution in [1.29, 1.82) is 0 Å². The van der Waals surface area contributed by atoms with E-state index in [1.54, 1.807) is 7.11 Å². The standard InChI is InChI=1S/C14H22N2O2.C2H6/c1-5-10(2)12-14(17-4)18-13(15-12)11-7-6-8-16(3)9-11;1-2/h7,10H,5-6,8-9H2,1-4H3;1-2H3. The Hall–Kier alpha value is -1.29. The minimum absolute atomic E-state index is 0.361. The lowest BCUT2D eigenvalue weighted by molar-refractivity contribution is 0.293. The zero-order chi connectivity index (χ0) is 15.1. The molecule has 0 aromatic carbocycles. The summed E-state index contributed by atoms with van der Waals surface area (Å²) in [5.41, 5.74) is 2.10. The van der Waals surface area contributed by atoms with Gasteiger partial charge in [0, 0.05) is 24.6 Å². The Kier molecular flexibility index (Phi) is 6.79. The summed E-state index contributed by atoms with van der Waals surface area (Å²) < 4.78 is 11.0. The number of hydrogen-bond donors (Lipinski definition) is 0. The van der Waals surface area contributed by atoms with Crippen molar-refractivity contribution < 1.29 is 9.15 Å². The van der Waals surface area contributed by atoms with Crippen LogP contribution in [-0.4, -0.2) is 37.1 Å².